The van der Waals surface area contributed by atoms with Crippen LogP contribution in [0.1, 0.15) is 24.0 Å². The Hall–Kier alpha value is -3.09. The standard InChI is InChI=1S/C24H24F3N3O/c25-24(26,27)19-8-9-20-21(17-19)28-12-11-22(20)29-13-4-14-30(16-15-29)23(31)10-7-18-5-2-1-3-6-18/h1-3,5-6,8-9,11-12,17H,4,7,10,13-16H2. The summed E-state index contributed by atoms with van der Waals surface area (Å²) in [5, 5.41) is 0.694. The highest BCUT2D eigenvalue weighted by atomic mass is 19.4. The van der Waals surface area contributed by atoms with Crippen LogP contribution in [0.2, 0.25) is 0 Å². The predicted molar refractivity (Wildman–Crippen MR) is 115 cm³/mol. The minimum Gasteiger partial charge on any atom is -0.369 e. The van der Waals surface area contributed by atoms with Crippen LogP contribution in [0.4, 0.5) is 18.9 Å². The SMILES string of the molecule is O=C(CCc1ccccc1)N1CCCN(c2ccnc3cc(C(F)(F)F)ccc23)CC1. The van der Waals surface area contributed by atoms with Crippen molar-refractivity contribution in [3.63, 3.8) is 0 Å². The number of alkyl halides is 3. The molecule has 1 fully saturated rings. The van der Waals surface area contributed by atoms with E-state index in [0.717, 1.165) is 42.8 Å². The Morgan fingerprint density at radius 2 is 1.77 bits per heavy atom. The molecule has 1 aliphatic heterocycles. The molecule has 0 radical (unpaired) electrons. The third-order valence-corrected chi connectivity index (χ3v) is 5.71. The molecule has 0 saturated carbocycles. The van der Waals surface area contributed by atoms with Crippen molar-refractivity contribution in [3.8, 4) is 0 Å². The molecule has 0 atom stereocenters. The van der Waals surface area contributed by atoms with E-state index >= 15 is 0 Å². The highest BCUT2D eigenvalue weighted by Crippen LogP contribution is 2.33. The zero-order valence-corrected chi connectivity index (χ0v) is 17.1. The molecular formula is C24H24F3N3O. The van der Waals surface area contributed by atoms with Crippen LogP contribution in [0, 0.1) is 0 Å². The summed E-state index contributed by atoms with van der Waals surface area (Å²) in [6, 6.07) is 15.5. The van der Waals surface area contributed by atoms with Crippen molar-refractivity contribution in [1.82, 2.24) is 9.88 Å². The number of anilines is 1. The van der Waals surface area contributed by atoms with E-state index in [-0.39, 0.29) is 5.91 Å². The topological polar surface area (TPSA) is 36.4 Å². The van der Waals surface area contributed by atoms with Crippen molar-refractivity contribution in [2.45, 2.75) is 25.4 Å². The van der Waals surface area contributed by atoms with Crippen LogP contribution in [0.5, 0.6) is 0 Å². The first-order chi connectivity index (χ1) is 14.9. The molecule has 0 spiro atoms. The molecule has 162 valence electrons. The Bertz CT molecular complexity index is 1050. The number of hydrogen-bond donors (Lipinski definition) is 0. The van der Waals surface area contributed by atoms with E-state index in [9.17, 15) is 18.0 Å². The molecule has 7 heteroatoms. The van der Waals surface area contributed by atoms with Crippen LogP contribution in [0.25, 0.3) is 10.9 Å². The summed E-state index contributed by atoms with van der Waals surface area (Å²) in [5.41, 5.74) is 1.63. The maximum absolute atomic E-state index is 13.0. The zero-order valence-electron chi connectivity index (χ0n) is 17.1. The fourth-order valence-electron chi connectivity index (χ4n) is 4.05. The van der Waals surface area contributed by atoms with Crippen molar-refractivity contribution in [2.24, 2.45) is 0 Å². The number of aromatic nitrogens is 1. The van der Waals surface area contributed by atoms with Gasteiger partial charge >= 0.3 is 6.18 Å². The Kier molecular flexibility index (Phi) is 6.11. The fourth-order valence-corrected chi connectivity index (χ4v) is 4.05. The molecule has 4 nitrogen and oxygen atoms in total. The molecule has 0 bridgehead atoms. The van der Waals surface area contributed by atoms with E-state index in [1.165, 1.54) is 6.07 Å². The summed E-state index contributed by atoms with van der Waals surface area (Å²) in [6.07, 6.45) is -0.846. The average Bonchev–Trinajstić information content (AvgIpc) is 3.03. The van der Waals surface area contributed by atoms with Crippen molar-refractivity contribution >= 4 is 22.5 Å². The van der Waals surface area contributed by atoms with Gasteiger partial charge in [-0.1, -0.05) is 36.4 Å². The first-order valence-corrected chi connectivity index (χ1v) is 10.4. The van der Waals surface area contributed by atoms with Crippen molar-refractivity contribution in [3.05, 3.63) is 71.9 Å². The third-order valence-electron chi connectivity index (χ3n) is 5.71. The molecule has 0 unspecified atom stereocenters. The van der Waals surface area contributed by atoms with Gasteiger partial charge in [0, 0.05) is 49.9 Å². The summed E-state index contributed by atoms with van der Waals surface area (Å²) in [7, 11) is 0. The number of nitrogens with zero attached hydrogens (tertiary/aromatic N) is 3. The average molecular weight is 427 g/mol. The molecule has 0 aliphatic carbocycles. The molecule has 3 aromatic rings. The number of pyridine rings is 1. The summed E-state index contributed by atoms with van der Waals surface area (Å²) < 4.78 is 39.1. The predicted octanol–water partition coefficient (Wildman–Crippen LogP) is 4.93. The number of halogens is 3. The van der Waals surface area contributed by atoms with Gasteiger partial charge in [-0.15, -0.1) is 0 Å². The first-order valence-electron chi connectivity index (χ1n) is 10.4. The van der Waals surface area contributed by atoms with Crippen molar-refractivity contribution in [2.75, 3.05) is 31.1 Å². The smallest absolute Gasteiger partial charge is 0.369 e. The number of benzene rings is 2. The van der Waals surface area contributed by atoms with Gasteiger partial charge in [0.15, 0.2) is 0 Å². The molecule has 31 heavy (non-hydrogen) atoms. The molecule has 1 saturated heterocycles. The van der Waals surface area contributed by atoms with Crippen LogP contribution in [-0.4, -0.2) is 42.0 Å². The second-order valence-electron chi connectivity index (χ2n) is 7.77. The summed E-state index contributed by atoms with van der Waals surface area (Å²) in [4.78, 5) is 20.9. The maximum Gasteiger partial charge on any atom is 0.416 e. The molecule has 2 heterocycles. The number of carbonyl (C=O) groups is 1. The second-order valence-corrected chi connectivity index (χ2v) is 7.77. The van der Waals surface area contributed by atoms with Gasteiger partial charge in [-0.25, -0.2) is 0 Å². The van der Waals surface area contributed by atoms with E-state index in [0.29, 0.717) is 37.0 Å². The van der Waals surface area contributed by atoms with E-state index in [4.69, 9.17) is 0 Å². The van der Waals surface area contributed by atoms with Gasteiger partial charge < -0.3 is 9.80 Å². The Labute approximate surface area is 179 Å². The van der Waals surface area contributed by atoms with Gasteiger partial charge in [0.05, 0.1) is 11.1 Å². The zero-order chi connectivity index (χ0) is 21.8. The quantitative estimate of drug-likeness (QED) is 0.593. The number of fused-ring (bicyclic) bond motifs is 1. The molecule has 4 rings (SSSR count). The molecular weight excluding hydrogens is 403 g/mol. The highest BCUT2D eigenvalue weighted by molar-refractivity contribution is 5.92. The normalized spacial score (nSPS) is 15.2. The lowest BCUT2D eigenvalue weighted by Gasteiger charge is -2.25. The largest absolute Gasteiger partial charge is 0.416 e. The monoisotopic (exact) mass is 427 g/mol. The minimum absolute atomic E-state index is 0.139. The lowest BCUT2D eigenvalue weighted by molar-refractivity contribution is -0.137. The Balaban J connectivity index is 1.45. The van der Waals surface area contributed by atoms with Crippen LogP contribution in [0.15, 0.2) is 60.8 Å². The fraction of sp³-hybridized carbons (Fsp3) is 0.333. The molecule has 1 aliphatic rings. The van der Waals surface area contributed by atoms with E-state index in [2.05, 4.69) is 9.88 Å². The number of rotatable bonds is 4. The van der Waals surface area contributed by atoms with Crippen LogP contribution in [-0.2, 0) is 17.4 Å². The van der Waals surface area contributed by atoms with Crippen molar-refractivity contribution < 1.29 is 18.0 Å². The molecule has 2 aromatic carbocycles. The van der Waals surface area contributed by atoms with Crippen LogP contribution in [0.3, 0.4) is 0 Å². The number of aryl methyl sites for hydroxylation is 1. The van der Waals surface area contributed by atoms with E-state index in [1.807, 2.05) is 41.3 Å². The summed E-state index contributed by atoms with van der Waals surface area (Å²) in [5.74, 6) is 0.139. The first kappa shape index (κ1) is 21.2. The van der Waals surface area contributed by atoms with Crippen LogP contribution < -0.4 is 4.90 Å². The molecule has 1 aromatic heterocycles. The molecule has 0 N–H and O–H groups in total. The van der Waals surface area contributed by atoms with E-state index in [1.54, 1.807) is 6.20 Å². The van der Waals surface area contributed by atoms with Gasteiger partial charge in [0.25, 0.3) is 0 Å². The lowest BCUT2D eigenvalue weighted by atomic mass is 10.1. The maximum atomic E-state index is 13.0. The van der Waals surface area contributed by atoms with Gasteiger partial charge in [0.2, 0.25) is 5.91 Å². The van der Waals surface area contributed by atoms with Crippen molar-refractivity contribution in [1.29, 1.82) is 0 Å². The summed E-state index contributed by atoms with van der Waals surface area (Å²) in [6.45, 7) is 2.66. The minimum atomic E-state index is -4.39. The Morgan fingerprint density at radius 1 is 0.968 bits per heavy atom. The van der Waals surface area contributed by atoms with E-state index < -0.39 is 11.7 Å². The summed E-state index contributed by atoms with van der Waals surface area (Å²) >= 11 is 0. The molecule has 1 amide bonds. The lowest BCUT2D eigenvalue weighted by Crippen LogP contribution is -2.35. The van der Waals surface area contributed by atoms with Gasteiger partial charge in [-0.05, 0) is 36.6 Å². The highest BCUT2D eigenvalue weighted by Gasteiger charge is 2.31. The number of amides is 1. The van der Waals surface area contributed by atoms with Crippen LogP contribution >= 0.6 is 0 Å². The van der Waals surface area contributed by atoms with Gasteiger partial charge in [-0.2, -0.15) is 13.2 Å². The number of hydrogen-bond acceptors (Lipinski definition) is 3. The Morgan fingerprint density at radius 3 is 2.55 bits per heavy atom. The third kappa shape index (κ3) is 4.98. The number of carbonyl (C=O) groups excluding carboxylic acids is 1. The van der Waals surface area contributed by atoms with Gasteiger partial charge in [-0.3, -0.25) is 9.78 Å². The van der Waals surface area contributed by atoms with Gasteiger partial charge in [0.1, 0.15) is 0 Å². The second kappa shape index (κ2) is 8.96.